The van der Waals surface area contributed by atoms with Crippen molar-refractivity contribution in [2.75, 3.05) is 6.61 Å². The van der Waals surface area contributed by atoms with Crippen molar-refractivity contribution in [2.24, 2.45) is 5.92 Å². The highest BCUT2D eigenvalue weighted by Crippen LogP contribution is 2.24. The molecule has 6 nitrogen and oxygen atoms in total. The standard InChI is InChI=1S/C21H29N3O3/c1-3-27-21(26)24-19(20(25)23-17-10-6-4-8-14(17)2)12-15-13-22-18-11-7-5-9-16(15)18/h5,7,9,11,13-14,17,19,22H,3-4,6,8,10,12H2,1-2H3,(H,23,25)(H,24,26)/t14-,17+,19+/m0/s1. The van der Waals surface area contributed by atoms with Gasteiger partial charge in [0, 0.05) is 29.6 Å². The molecule has 1 saturated carbocycles. The van der Waals surface area contributed by atoms with Crippen LogP contribution in [0.2, 0.25) is 0 Å². The van der Waals surface area contributed by atoms with Crippen molar-refractivity contribution in [1.29, 1.82) is 0 Å². The molecule has 1 fully saturated rings. The zero-order chi connectivity index (χ0) is 19.2. The molecule has 0 aliphatic heterocycles. The maximum atomic E-state index is 13.0. The number of carbonyl (C=O) groups is 2. The van der Waals surface area contributed by atoms with Gasteiger partial charge in [-0.25, -0.2) is 4.79 Å². The topological polar surface area (TPSA) is 83.2 Å². The van der Waals surface area contributed by atoms with E-state index in [0.29, 0.717) is 12.3 Å². The fourth-order valence-electron chi connectivity index (χ4n) is 3.86. The third-order valence-electron chi connectivity index (χ3n) is 5.42. The van der Waals surface area contributed by atoms with Crippen LogP contribution in [0.4, 0.5) is 4.79 Å². The molecule has 0 bridgehead atoms. The second kappa shape index (κ2) is 8.93. The van der Waals surface area contributed by atoms with Gasteiger partial charge in [0.15, 0.2) is 0 Å². The lowest BCUT2D eigenvalue weighted by atomic mass is 9.85. The van der Waals surface area contributed by atoms with Crippen molar-refractivity contribution < 1.29 is 14.3 Å². The molecule has 0 unspecified atom stereocenters. The summed E-state index contributed by atoms with van der Waals surface area (Å²) in [5.41, 5.74) is 2.02. The monoisotopic (exact) mass is 371 g/mol. The Morgan fingerprint density at radius 3 is 2.81 bits per heavy atom. The predicted octanol–water partition coefficient (Wildman–Crippen LogP) is 3.52. The number of rotatable bonds is 6. The molecule has 2 aromatic rings. The van der Waals surface area contributed by atoms with E-state index >= 15 is 0 Å². The number of para-hydroxylation sites is 1. The highest BCUT2D eigenvalue weighted by atomic mass is 16.5. The minimum Gasteiger partial charge on any atom is -0.450 e. The van der Waals surface area contributed by atoms with Crippen LogP contribution in [0.3, 0.4) is 0 Å². The van der Waals surface area contributed by atoms with Crippen molar-refractivity contribution in [3.63, 3.8) is 0 Å². The first-order valence-corrected chi connectivity index (χ1v) is 9.87. The number of nitrogens with one attached hydrogen (secondary N) is 3. The van der Waals surface area contributed by atoms with E-state index in [-0.39, 0.29) is 18.6 Å². The van der Waals surface area contributed by atoms with E-state index in [1.807, 2.05) is 30.5 Å². The van der Waals surface area contributed by atoms with Gasteiger partial charge in [0.2, 0.25) is 5.91 Å². The summed E-state index contributed by atoms with van der Waals surface area (Å²) in [5, 5.41) is 6.96. The molecule has 3 atom stereocenters. The highest BCUT2D eigenvalue weighted by molar-refractivity contribution is 5.88. The quantitative estimate of drug-likeness (QED) is 0.726. The molecular formula is C21H29N3O3. The molecule has 1 heterocycles. The Balaban J connectivity index is 1.75. The molecule has 0 saturated heterocycles. The highest BCUT2D eigenvalue weighted by Gasteiger charge is 2.28. The fraction of sp³-hybridized carbons (Fsp3) is 0.524. The Bertz CT molecular complexity index is 786. The molecule has 2 amide bonds. The van der Waals surface area contributed by atoms with Gasteiger partial charge in [0.1, 0.15) is 6.04 Å². The number of hydrogen-bond donors (Lipinski definition) is 3. The molecule has 27 heavy (non-hydrogen) atoms. The first-order chi connectivity index (χ1) is 13.1. The van der Waals surface area contributed by atoms with E-state index in [1.165, 1.54) is 6.42 Å². The van der Waals surface area contributed by atoms with Crippen LogP contribution >= 0.6 is 0 Å². The Hall–Kier alpha value is -2.50. The van der Waals surface area contributed by atoms with E-state index in [4.69, 9.17) is 4.74 Å². The zero-order valence-corrected chi connectivity index (χ0v) is 16.1. The summed E-state index contributed by atoms with van der Waals surface area (Å²) in [5.74, 6) is 0.311. The Kier molecular flexibility index (Phi) is 6.37. The van der Waals surface area contributed by atoms with Gasteiger partial charge >= 0.3 is 6.09 Å². The first kappa shape index (κ1) is 19.3. The molecule has 1 aromatic carbocycles. The van der Waals surface area contributed by atoms with Gasteiger partial charge in [0.05, 0.1) is 6.61 Å². The van der Waals surface area contributed by atoms with Gasteiger partial charge in [-0.2, -0.15) is 0 Å². The smallest absolute Gasteiger partial charge is 0.407 e. The van der Waals surface area contributed by atoms with E-state index < -0.39 is 12.1 Å². The van der Waals surface area contributed by atoms with E-state index in [0.717, 1.165) is 35.7 Å². The first-order valence-electron chi connectivity index (χ1n) is 9.87. The minimum atomic E-state index is -0.669. The Labute approximate surface area is 160 Å². The molecule has 1 aliphatic rings. The van der Waals surface area contributed by atoms with Crippen LogP contribution in [-0.4, -0.2) is 35.7 Å². The molecule has 6 heteroatoms. The van der Waals surface area contributed by atoms with Crippen LogP contribution in [0.1, 0.15) is 45.1 Å². The minimum absolute atomic E-state index is 0.146. The van der Waals surface area contributed by atoms with Crippen LogP contribution in [0.5, 0.6) is 0 Å². The van der Waals surface area contributed by atoms with Crippen LogP contribution in [-0.2, 0) is 16.0 Å². The third-order valence-corrected chi connectivity index (χ3v) is 5.42. The lowest BCUT2D eigenvalue weighted by molar-refractivity contribution is -0.124. The maximum absolute atomic E-state index is 13.0. The number of hydrogen-bond acceptors (Lipinski definition) is 3. The van der Waals surface area contributed by atoms with Gasteiger partial charge in [-0.3, -0.25) is 4.79 Å². The number of amides is 2. The molecule has 3 rings (SSSR count). The van der Waals surface area contributed by atoms with Crippen LogP contribution in [0, 0.1) is 5.92 Å². The van der Waals surface area contributed by atoms with E-state index in [9.17, 15) is 9.59 Å². The maximum Gasteiger partial charge on any atom is 0.407 e. The summed E-state index contributed by atoms with van der Waals surface area (Å²) in [6.45, 7) is 4.20. The molecule has 3 N–H and O–H groups in total. The molecular weight excluding hydrogens is 342 g/mol. The van der Waals surface area contributed by atoms with Crippen molar-refractivity contribution in [3.8, 4) is 0 Å². The van der Waals surface area contributed by atoms with Gasteiger partial charge < -0.3 is 20.4 Å². The molecule has 0 spiro atoms. The van der Waals surface area contributed by atoms with Gasteiger partial charge in [0.25, 0.3) is 0 Å². The van der Waals surface area contributed by atoms with Crippen molar-refractivity contribution >= 4 is 22.9 Å². The Morgan fingerprint density at radius 1 is 1.26 bits per heavy atom. The zero-order valence-electron chi connectivity index (χ0n) is 16.1. The average molecular weight is 371 g/mol. The van der Waals surface area contributed by atoms with Crippen LogP contribution in [0.25, 0.3) is 10.9 Å². The summed E-state index contributed by atoms with van der Waals surface area (Å²) in [7, 11) is 0. The number of benzene rings is 1. The van der Waals surface area contributed by atoms with Crippen molar-refractivity contribution in [3.05, 3.63) is 36.0 Å². The number of fused-ring (bicyclic) bond motifs is 1. The van der Waals surface area contributed by atoms with Crippen LogP contribution in [0.15, 0.2) is 30.5 Å². The van der Waals surface area contributed by atoms with E-state index in [1.54, 1.807) is 6.92 Å². The SMILES string of the molecule is CCOC(=O)N[C@H](Cc1c[nH]c2ccccc12)C(=O)N[C@@H]1CCCC[C@@H]1C. The second-order valence-electron chi connectivity index (χ2n) is 7.36. The van der Waals surface area contributed by atoms with Gasteiger partial charge in [-0.15, -0.1) is 0 Å². The van der Waals surface area contributed by atoms with Gasteiger partial charge in [-0.05, 0) is 37.3 Å². The molecule has 0 radical (unpaired) electrons. The number of carbonyl (C=O) groups excluding carboxylic acids is 2. The number of H-pyrrole nitrogens is 1. The molecule has 1 aliphatic carbocycles. The number of aromatic amines is 1. The van der Waals surface area contributed by atoms with Gasteiger partial charge in [-0.1, -0.05) is 38.0 Å². The summed E-state index contributed by atoms with van der Waals surface area (Å²) < 4.78 is 5.00. The fourth-order valence-corrected chi connectivity index (χ4v) is 3.86. The van der Waals surface area contributed by atoms with Crippen molar-refractivity contribution in [2.45, 2.75) is 58.0 Å². The average Bonchev–Trinajstić information content (AvgIpc) is 3.06. The predicted molar refractivity (Wildman–Crippen MR) is 106 cm³/mol. The lowest BCUT2D eigenvalue weighted by Gasteiger charge is -2.31. The second-order valence-corrected chi connectivity index (χ2v) is 7.36. The normalized spacial score (nSPS) is 20.8. The number of aromatic nitrogens is 1. The summed E-state index contributed by atoms with van der Waals surface area (Å²) in [6, 6.07) is 7.45. The number of alkyl carbamates (subject to hydrolysis) is 1. The Morgan fingerprint density at radius 2 is 2.04 bits per heavy atom. The summed E-state index contributed by atoms with van der Waals surface area (Å²) in [4.78, 5) is 28.2. The van der Waals surface area contributed by atoms with Crippen LogP contribution < -0.4 is 10.6 Å². The molecule has 146 valence electrons. The molecule has 1 aromatic heterocycles. The van der Waals surface area contributed by atoms with E-state index in [2.05, 4.69) is 22.5 Å². The summed E-state index contributed by atoms with van der Waals surface area (Å²) >= 11 is 0. The van der Waals surface area contributed by atoms with Crippen molar-refractivity contribution in [1.82, 2.24) is 15.6 Å². The largest absolute Gasteiger partial charge is 0.450 e. The lowest BCUT2D eigenvalue weighted by Crippen LogP contribution is -2.52. The number of ether oxygens (including phenoxy) is 1. The third kappa shape index (κ3) is 4.81. The summed E-state index contributed by atoms with van der Waals surface area (Å²) in [6.07, 6.45) is 6.22.